The Balaban J connectivity index is 1.61. The molecule has 160 valence electrons. The molecule has 3 aromatic rings. The Hall–Kier alpha value is -2.44. The highest BCUT2D eigenvalue weighted by Crippen LogP contribution is 2.34. The fourth-order valence-electron chi connectivity index (χ4n) is 2.97. The van der Waals surface area contributed by atoms with Gasteiger partial charge in [-0.25, -0.2) is 17.8 Å². The summed E-state index contributed by atoms with van der Waals surface area (Å²) in [6, 6.07) is 6.20. The van der Waals surface area contributed by atoms with E-state index in [1.807, 2.05) is 0 Å². The Morgan fingerprint density at radius 2 is 1.83 bits per heavy atom. The number of ether oxygens (including phenoxy) is 1. The lowest BCUT2D eigenvalue weighted by Gasteiger charge is -2.25. The van der Waals surface area contributed by atoms with E-state index in [-0.39, 0.29) is 11.8 Å². The van der Waals surface area contributed by atoms with Crippen LogP contribution in [0.5, 0.6) is 0 Å². The van der Waals surface area contributed by atoms with Crippen LogP contribution in [0.15, 0.2) is 41.3 Å². The Kier molecular flexibility index (Phi) is 5.32. The van der Waals surface area contributed by atoms with E-state index in [2.05, 4.69) is 14.6 Å². The summed E-state index contributed by atoms with van der Waals surface area (Å²) in [5.41, 5.74) is -0.804. The van der Waals surface area contributed by atoms with Gasteiger partial charge in [0.15, 0.2) is 5.13 Å². The van der Waals surface area contributed by atoms with Crippen molar-refractivity contribution >= 4 is 42.4 Å². The van der Waals surface area contributed by atoms with E-state index in [9.17, 15) is 26.0 Å². The predicted octanol–water partition coefficient (Wildman–Crippen LogP) is 4.09. The number of benzene rings is 2. The Morgan fingerprint density at radius 3 is 2.53 bits per heavy atom. The first-order valence-electron chi connectivity index (χ1n) is 8.76. The lowest BCUT2D eigenvalue weighted by Crippen LogP contribution is -2.36. The predicted molar refractivity (Wildman–Crippen MR) is 105 cm³/mol. The van der Waals surface area contributed by atoms with E-state index in [0.29, 0.717) is 42.6 Å². The van der Waals surface area contributed by atoms with Gasteiger partial charge in [-0.3, -0.25) is 4.72 Å². The van der Waals surface area contributed by atoms with Crippen LogP contribution in [0.1, 0.15) is 5.56 Å². The van der Waals surface area contributed by atoms with Crippen LogP contribution in [0.2, 0.25) is 0 Å². The minimum atomic E-state index is -5.01. The molecule has 6 nitrogen and oxygen atoms in total. The van der Waals surface area contributed by atoms with Gasteiger partial charge in [0, 0.05) is 13.1 Å². The van der Waals surface area contributed by atoms with E-state index in [1.165, 1.54) is 17.4 Å². The van der Waals surface area contributed by atoms with E-state index in [4.69, 9.17) is 4.74 Å². The maximum atomic E-state index is 13.5. The number of aromatic nitrogens is 1. The second-order valence-electron chi connectivity index (χ2n) is 6.52. The summed E-state index contributed by atoms with van der Waals surface area (Å²) in [5, 5.41) is 0.779. The fourth-order valence-corrected chi connectivity index (χ4v) is 5.10. The average molecular weight is 461 g/mol. The molecule has 2 heterocycles. The van der Waals surface area contributed by atoms with Crippen LogP contribution in [0.25, 0.3) is 10.2 Å². The molecular formula is C18H15F4N3O3S2. The molecule has 1 aliphatic heterocycles. The third kappa shape index (κ3) is 4.20. The number of morpholine rings is 1. The largest absolute Gasteiger partial charge is 0.419 e. The first-order valence-corrected chi connectivity index (χ1v) is 11.1. The van der Waals surface area contributed by atoms with E-state index >= 15 is 0 Å². The Bertz CT molecular complexity index is 1190. The monoisotopic (exact) mass is 461 g/mol. The third-order valence-electron chi connectivity index (χ3n) is 4.46. The molecule has 12 heteroatoms. The first-order chi connectivity index (χ1) is 14.1. The zero-order valence-corrected chi connectivity index (χ0v) is 16.9. The van der Waals surface area contributed by atoms with Gasteiger partial charge in [0.25, 0.3) is 10.0 Å². The molecule has 1 aromatic heterocycles. The van der Waals surface area contributed by atoms with Crippen LogP contribution < -0.4 is 9.62 Å². The van der Waals surface area contributed by atoms with Gasteiger partial charge in [-0.1, -0.05) is 11.3 Å². The SMILES string of the molecule is O=S(=O)(Nc1ccc2nc(N3CCOCC3)sc2c1)c1ccc(F)c(C(F)(F)F)c1. The topological polar surface area (TPSA) is 71.5 Å². The summed E-state index contributed by atoms with van der Waals surface area (Å²) in [6.45, 7) is 2.59. The summed E-state index contributed by atoms with van der Waals surface area (Å²) in [7, 11) is -4.35. The van der Waals surface area contributed by atoms with Crippen LogP contribution in [0.3, 0.4) is 0 Å². The van der Waals surface area contributed by atoms with Gasteiger partial charge >= 0.3 is 6.18 Å². The maximum Gasteiger partial charge on any atom is 0.419 e. The number of anilines is 2. The minimum Gasteiger partial charge on any atom is -0.378 e. The highest BCUT2D eigenvalue weighted by atomic mass is 32.2. The molecule has 0 aliphatic carbocycles. The minimum absolute atomic E-state index is 0.164. The van der Waals surface area contributed by atoms with Crippen molar-refractivity contribution in [1.82, 2.24) is 4.98 Å². The van der Waals surface area contributed by atoms with Gasteiger partial charge in [-0.15, -0.1) is 0 Å². The van der Waals surface area contributed by atoms with Crippen molar-refractivity contribution in [3.63, 3.8) is 0 Å². The molecule has 0 spiro atoms. The van der Waals surface area contributed by atoms with Crippen LogP contribution in [-0.2, 0) is 20.9 Å². The summed E-state index contributed by atoms with van der Waals surface area (Å²) in [5.74, 6) is -1.54. The highest BCUT2D eigenvalue weighted by Gasteiger charge is 2.35. The lowest BCUT2D eigenvalue weighted by atomic mass is 10.2. The van der Waals surface area contributed by atoms with Crippen molar-refractivity contribution in [2.75, 3.05) is 35.9 Å². The normalized spacial score (nSPS) is 15.5. The number of hydrogen-bond donors (Lipinski definition) is 1. The number of nitrogens with zero attached hydrogens (tertiary/aromatic N) is 2. The van der Waals surface area contributed by atoms with Crippen LogP contribution in [-0.4, -0.2) is 39.7 Å². The average Bonchev–Trinajstić information content (AvgIpc) is 3.11. The zero-order chi connectivity index (χ0) is 21.5. The molecule has 0 atom stereocenters. The molecule has 0 amide bonds. The Labute approximate surface area is 173 Å². The summed E-state index contributed by atoms with van der Waals surface area (Å²) in [6.07, 6.45) is -5.01. The van der Waals surface area contributed by atoms with Crippen molar-refractivity contribution in [2.24, 2.45) is 0 Å². The molecular weight excluding hydrogens is 446 g/mol. The molecule has 4 rings (SSSR count). The molecule has 1 N–H and O–H groups in total. The van der Waals surface area contributed by atoms with Gasteiger partial charge in [-0.2, -0.15) is 13.2 Å². The standard InChI is InChI=1S/C18H15F4N3O3S2/c19-14-3-2-12(10-13(14)18(20,21)22)30(26,27)24-11-1-4-15-16(9-11)29-17(23-15)25-5-7-28-8-6-25/h1-4,9-10,24H,5-8H2. The molecule has 0 radical (unpaired) electrons. The first kappa shape index (κ1) is 20.8. The molecule has 1 saturated heterocycles. The molecule has 1 fully saturated rings. The van der Waals surface area contributed by atoms with Crippen molar-refractivity contribution < 1.29 is 30.7 Å². The van der Waals surface area contributed by atoms with Gasteiger partial charge in [-0.05, 0) is 36.4 Å². The molecule has 2 aromatic carbocycles. The van der Waals surface area contributed by atoms with E-state index in [0.717, 1.165) is 11.2 Å². The molecule has 1 aliphatic rings. The molecule has 30 heavy (non-hydrogen) atoms. The zero-order valence-electron chi connectivity index (χ0n) is 15.2. The number of sulfonamides is 1. The number of nitrogens with one attached hydrogen (secondary N) is 1. The third-order valence-corrected chi connectivity index (χ3v) is 6.92. The quantitative estimate of drug-likeness (QED) is 0.593. The van der Waals surface area contributed by atoms with Crippen molar-refractivity contribution in [3.8, 4) is 0 Å². The number of alkyl halides is 3. The molecule has 0 bridgehead atoms. The summed E-state index contributed by atoms with van der Waals surface area (Å²) >= 11 is 1.37. The van der Waals surface area contributed by atoms with E-state index in [1.54, 1.807) is 12.1 Å². The van der Waals surface area contributed by atoms with Crippen molar-refractivity contribution in [3.05, 3.63) is 47.8 Å². The van der Waals surface area contributed by atoms with Crippen LogP contribution >= 0.6 is 11.3 Å². The molecule has 0 saturated carbocycles. The van der Waals surface area contributed by atoms with Crippen molar-refractivity contribution in [1.29, 1.82) is 0 Å². The van der Waals surface area contributed by atoms with Crippen LogP contribution in [0.4, 0.5) is 28.4 Å². The van der Waals surface area contributed by atoms with Crippen molar-refractivity contribution in [2.45, 2.75) is 11.1 Å². The number of thiazole rings is 1. The smallest absolute Gasteiger partial charge is 0.378 e. The number of hydrogen-bond acceptors (Lipinski definition) is 6. The fraction of sp³-hybridized carbons (Fsp3) is 0.278. The maximum absolute atomic E-state index is 13.5. The van der Waals surface area contributed by atoms with Crippen LogP contribution in [0, 0.1) is 5.82 Å². The second kappa shape index (κ2) is 7.67. The highest BCUT2D eigenvalue weighted by molar-refractivity contribution is 7.92. The van der Waals surface area contributed by atoms with E-state index < -0.39 is 32.5 Å². The van der Waals surface area contributed by atoms with Gasteiger partial charge < -0.3 is 9.64 Å². The molecule has 0 unspecified atom stereocenters. The number of halogens is 4. The lowest BCUT2D eigenvalue weighted by molar-refractivity contribution is -0.140. The second-order valence-corrected chi connectivity index (χ2v) is 9.21. The van der Waals surface area contributed by atoms with Gasteiger partial charge in [0.1, 0.15) is 5.82 Å². The van der Waals surface area contributed by atoms with Gasteiger partial charge in [0.05, 0.1) is 39.6 Å². The number of rotatable bonds is 4. The number of fused-ring (bicyclic) bond motifs is 1. The summed E-state index contributed by atoms with van der Waals surface area (Å²) < 4.78 is 85.5. The van der Waals surface area contributed by atoms with Gasteiger partial charge in [0.2, 0.25) is 0 Å². The Morgan fingerprint density at radius 1 is 1.10 bits per heavy atom. The summed E-state index contributed by atoms with van der Waals surface area (Å²) in [4.78, 5) is 5.90.